The molecule has 1 aromatic rings. The van der Waals surface area contributed by atoms with Crippen LogP contribution in [-0.4, -0.2) is 44.2 Å². The summed E-state index contributed by atoms with van der Waals surface area (Å²) in [5.74, 6) is -0.652. The first kappa shape index (κ1) is 14.7. The zero-order valence-electron chi connectivity index (χ0n) is 10.4. The van der Waals surface area contributed by atoms with Crippen LogP contribution in [0.5, 0.6) is 0 Å². The summed E-state index contributed by atoms with van der Waals surface area (Å²) in [4.78, 5) is 28.2. The number of carbonyl (C=O) groups excluding carboxylic acids is 2. The summed E-state index contributed by atoms with van der Waals surface area (Å²) in [6, 6.07) is 2.90. The first-order valence-corrected chi connectivity index (χ1v) is 7.98. The molecule has 2 rings (SSSR count). The van der Waals surface area contributed by atoms with Gasteiger partial charge >= 0.3 is 5.97 Å². The summed E-state index contributed by atoms with van der Waals surface area (Å²) in [6.45, 7) is -0.0464. The second-order valence-electron chi connectivity index (χ2n) is 4.20. The van der Waals surface area contributed by atoms with E-state index >= 15 is 0 Å². The van der Waals surface area contributed by atoms with E-state index in [1.165, 1.54) is 30.3 Å². The van der Waals surface area contributed by atoms with Crippen molar-refractivity contribution in [2.24, 2.45) is 0 Å². The van der Waals surface area contributed by atoms with Gasteiger partial charge in [0.1, 0.15) is 11.1 Å². The zero-order chi connectivity index (χ0) is 14.9. The first-order valence-electron chi connectivity index (χ1n) is 5.61. The smallest absolute Gasteiger partial charge is 0.339 e. The number of methoxy groups -OCH3 is 1. The summed E-state index contributed by atoms with van der Waals surface area (Å²) >= 11 is 0. The van der Waals surface area contributed by atoms with E-state index in [0.29, 0.717) is 0 Å². The highest BCUT2D eigenvalue weighted by Crippen LogP contribution is 2.25. The Morgan fingerprint density at radius 1 is 1.50 bits per heavy atom. The number of nitrogens with zero attached hydrogens (tertiary/aromatic N) is 2. The van der Waals surface area contributed by atoms with Crippen LogP contribution in [0.4, 0.5) is 5.82 Å². The molecule has 0 N–H and O–H groups in total. The molecule has 9 heteroatoms. The molecule has 1 unspecified atom stereocenters. The number of hydrogen-bond acceptors (Lipinski definition) is 6. The van der Waals surface area contributed by atoms with E-state index in [9.17, 15) is 18.0 Å². The highest BCUT2D eigenvalue weighted by atomic mass is 35.7. The summed E-state index contributed by atoms with van der Waals surface area (Å²) in [5, 5.41) is -0.946. The number of pyridine rings is 1. The number of hydrogen-bond donors (Lipinski definition) is 0. The molecular formula is C11H11ClN2O5S. The SMILES string of the molecule is COC(=O)c1ccc(N2CC(S(=O)(=O)Cl)CC2=O)nc1. The molecule has 1 aromatic heterocycles. The predicted octanol–water partition coefficient (Wildman–Crippen LogP) is 0.542. The average molecular weight is 319 g/mol. The highest BCUT2D eigenvalue weighted by Gasteiger charge is 2.38. The lowest BCUT2D eigenvalue weighted by atomic mass is 10.3. The van der Waals surface area contributed by atoms with Crippen molar-refractivity contribution in [2.45, 2.75) is 11.7 Å². The summed E-state index contributed by atoms with van der Waals surface area (Å²) < 4.78 is 27.0. The van der Waals surface area contributed by atoms with E-state index in [1.807, 2.05) is 0 Å². The number of ether oxygens (including phenoxy) is 1. The normalized spacial score (nSPS) is 19.2. The fourth-order valence-electron chi connectivity index (χ4n) is 1.87. The fraction of sp³-hybridized carbons (Fsp3) is 0.364. The van der Waals surface area contributed by atoms with Crippen molar-refractivity contribution in [2.75, 3.05) is 18.6 Å². The van der Waals surface area contributed by atoms with E-state index in [1.54, 1.807) is 0 Å². The molecule has 0 aromatic carbocycles. The third kappa shape index (κ3) is 2.91. The predicted molar refractivity (Wildman–Crippen MR) is 71.1 cm³/mol. The Labute approximate surface area is 119 Å². The topological polar surface area (TPSA) is 93.6 Å². The van der Waals surface area contributed by atoms with Crippen LogP contribution < -0.4 is 4.90 Å². The molecule has 0 radical (unpaired) electrons. The van der Waals surface area contributed by atoms with Gasteiger partial charge in [-0.3, -0.25) is 9.69 Å². The Morgan fingerprint density at radius 2 is 2.20 bits per heavy atom. The molecule has 0 aliphatic carbocycles. The maximum atomic E-state index is 11.8. The van der Waals surface area contributed by atoms with Gasteiger partial charge in [-0.1, -0.05) is 0 Å². The second-order valence-corrected chi connectivity index (χ2v) is 7.11. The molecule has 20 heavy (non-hydrogen) atoms. The van der Waals surface area contributed by atoms with Crippen LogP contribution >= 0.6 is 10.7 Å². The quantitative estimate of drug-likeness (QED) is 0.596. The van der Waals surface area contributed by atoms with Gasteiger partial charge in [0, 0.05) is 29.8 Å². The lowest BCUT2D eigenvalue weighted by Crippen LogP contribution is -2.27. The minimum Gasteiger partial charge on any atom is -0.465 e. The Morgan fingerprint density at radius 3 is 2.65 bits per heavy atom. The first-order chi connectivity index (χ1) is 9.32. The largest absolute Gasteiger partial charge is 0.465 e. The summed E-state index contributed by atoms with van der Waals surface area (Å²) in [6.07, 6.45) is 1.09. The lowest BCUT2D eigenvalue weighted by molar-refractivity contribution is -0.117. The molecule has 1 fully saturated rings. The van der Waals surface area contributed by atoms with Crippen molar-refractivity contribution in [3.63, 3.8) is 0 Å². The van der Waals surface area contributed by atoms with Crippen molar-refractivity contribution in [3.05, 3.63) is 23.9 Å². The van der Waals surface area contributed by atoms with E-state index in [0.717, 1.165) is 0 Å². The van der Waals surface area contributed by atoms with Gasteiger partial charge in [-0.25, -0.2) is 18.2 Å². The number of amides is 1. The number of anilines is 1. The molecule has 7 nitrogen and oxygen atoms in total. The fourth-order valence-corrected chi connectivity index (χ4v) is 2.90. The van der Waals surface area contributed by atoms with Crippen molar-refractivity contribution >= 4 is 37.4 Å². The van der Waals surface area contributed by atoms with Crippen molar-refractivity contribution in [1.29, 1.82) is 0 Å². The maximum absolute atomic E-state index is 11.8. The number of esters is 1. The molecule has 0 spiro atoms. The van der Waals surface area contributed by atoms with Crippen LogP contribution in [0.25, 0.3) is 0 Å². The van der Waals surface area contributed by atoms with E-state index < -0.39 is 20.3 Å². The Bertz CT molecular complexity index is 643. The number of aromatic nitrogens is 1. The van der Waals surface area contributed by atoms with Crippen LogP contribution in [0.3, 0.4) is 0 Å². The van der Waals surface area contributed by atoms with Crippen LogP contribution in [0.2, 0.25) is 0 Å². The monoisotopic (exact) mass is 318 g/mol. The second kappa shape index (κ2) is 5.37. The third-order valence-corrected chi connectivity index (χ3v) is 4.80. The van der Waals surface area contributed by atoms with Crippen molar-refractivity contribution in [3.8, 4) is 0 Å². The summed E-state index contributed by atoms with van der Waals surface area (Å²) in [5.41, 5.74) is 0.240. The van der Waals surface area contributed by atoms with Crippen molar-refractivity contribution < 1.29 is 22.7 Å². The van der Waals surface area contributed by atoms with Crippen LogP contribution in [0.15, 0.2) is 18.3 Å². The Balaban J connectivity index is 2.21. The van der Waals surface area contributed by atoms with Crippen LogP contribution in [0, 0.1) is 0 Å². The van der Waals surface area contributed by atoms with Crippen LogP contribution in [-0.2, 0) is 18.6 Å². The molecule has 1 aliphatic heterocycles. The van der Waals surface area contributed by atoms with Gasteiger partial charge in [-0.05, 0) is 12.1 Å². The van der Waals surface area contributed by atoms with Gasteiger partial charge in [0.25, 0.3) is 0 Å². The van der Waals surface area contributed by atoms with Gasteiger partial charge in [0.05, 0.1) is 12.7 Å². The number of rotatable bonds is 3. The number of carbonyl (C=O) groups is 2. The molecule has 108 valence electrons. The van der Waals surface area contributed by atoms with E-state index in [2.05, 4.69) is 9.72 Å². The summed E-state index contributed by atoms with van der Waals surface area (Å²) in [7, 11) is 2.71. The Hall–Kier alpha value is -1.67. The van der Waals surface area contributed by atoms with Gasteiger partial charge in [0.15, 0.2) is 0 Å². The molecule has 1 amide bonds. The molecule has 0 bridgehead atoms. The molecule has 0 saturated carbocycles. The minimum absolute atomic E-state index is 0.0464. The average Bonchev–Trinajstić information content (AvgIpc) is 2.80. The van der Waals surface area contributed by atoms with E-state index in [-0.39, 0.29) is 30.3 Å². The third-order valence-electron chi connectivity index (χ3n) is 2.93. The van der Waals surface area contributed by atoms with Gasteiger partial charge in [0.2, 0.25) is 15.0 Å². The van der Waals surface area contributed by atoms with E-state index in [4.69, 9.17) is 10.7 Å². The molecule has 1 atom stereocenters. The highest BCUT2D eigenvalue weighted by molar-refractivity contribution is 8.14. The lowest BCUT2D eigenvalue weighted by Gasteiger charge is -2.14. The van der Waals surface area contributed by atoms with Crippen LogP contribution in [0.1, 0.15) is 16.8 Å². The number of halogens is 1. The maximum Gasteiger partial charge on any atom is 0.339 e. The Kier molecular flexibility index (Phi) is 3.96. The zero-order valence-corrected chi connectivity index (χ0v) is 12.0. The molecular weight excluding hydrogens is 308 g/mol. The van der Waals surface area contributed by atoms with Gasteiger partial charge in [-0.15, -0.1) is 0 Å². The standard InChI is InChI=1S/C11H11ClN2O5S/c1-19-11(16)7-2-3-9(13-5-7)14-6-8(4-10(14)15)20(12,17)18/h2-3,5,8H,4,6H2,1H3. The van der Waals surface area contributed by atoms with Gasteiger partial charge < -0.3 is 4.74 Å². The molecule has 1 saturated heterocycles. The minimum atomic E-state index is -3.79. The van der Waals surface area contributed by atoms with Crippen molar-refractivity contribution in [1.82, 2.24) is 4.98 Å². The molecule has 1 aliphatic rings. The van der Waals surface area contributed by atoms with Gasteiger partial charge in [-0.2, -0.15) is 0 Å². The molecule has 2 heterocycles.